The van der Waals surface area contributed by atoms with Crippen molar-refractivity contribution in [2.75, 3.05) is 13.7 Å². The van der Waals surface area contributed by atoms with Gasteiger partial charge in [0.25, 0.3) is 0 Å². The third kappa shape index (κ3) is 3.19. The van der Waals surface area contributed by atoms with Crippen molar-refractivity contribution in [2.24, 2.45) is 5.92 Å². The van der Waals surface area contributed by atoms with E-state index < -0.39 is 0 Å². The molecular weight excluding hydrogens is 216 g/mol. The van der Waals surface area contributed by atoms with Crippen LogP contribution in [0, 0.1) is 5.92 Å². The molecule has 0 aliphatic carbocycles. The third-order valence-corrected chi connectivity index (χ3v) is 3.75. The number of nitrogens with zero attached hydrogens (tertiary/aromatic N) is 1. The monoisotopic (exact) mass is 242 g/mol. The number of carbonyl (C=O) groups is 1. The third-order valence-electron chi connectivity index (χ3n) is 3.75. The minimum absolute atomic E-state index is 0.0392. The zero-order valence-corrected chi connectivity index (χ0v) is 11.9. The Balaban J connectivity index is 2.72. The minimum atomic E-state index is -0.296. The number of ether oxygens (including phenoxy) is 1. The Morgan fingerprint density at radius 2 is 2.12 bits per heavy atom. The van der Waals surface area contributed by atoms with Gasteiger partial charge in [-0.1, -0.05) is 20.3 Å². The van der Waals surface area contributed by atoms with Crippen LogP contribution in [-0.4, -0.2) is 42.3 Å². The van der Waals surface area contributed by atoms with E-state index >= 15 is 0 Å². The number of nitrogens with one attached hydrogen (secondary N) is 1. The molecule has 1 heterocycles. The van der Waals surface area contributed by atoms with Crippen LogP contribution in [0.2, 0.25) is 0 Å². The zero-order chi connectivity index (χ0) is 13.2. The molecule has 1 aliphatic rings. The Bertz CT molecular complexity index is 279. The van der Waals surface area contributed by atoms with Crippen molar-refractivity contribution < 1.29 is 9.53 Å². The molecule has 0 bridgehead atoms. The average Bonchev–Trinajstić information content (AvgIpc) is 2.56. The Labute approximate surface area is 105 Å². The molecule has 3 unspecified atom stereocenters. The molecule has 0 spiro atoms. The highest BCUT2D eigenvalue weighted by Gasteiger charge is 2.40. The van der Waals surface area contributed by atoms with Gasteiger partial charge in [0, 0.05) is 7.11 Å². The Kier molecular flexibility index (Phi) is 4.55. The largest absolute Gasteiger partial charge is 0.377 e. The zero-order valence-electron chi connectivity index (χ0n) is 11.9. The van der Waals surface area contributed by atoms with Crippen LogP contribution < -0.4 is 5.32 Å². The van der Waals surface area contributed by atoms with E-state index in [1.807, 2.05) is 25.7 Å². The van der Waals surface area contributed by atoms with Gasteiger partial charge in [-0.2, -0.15) is 0 Å². The van der Waals surface area contributed by atoms with Crippen molar-refractivity contribution >= 4 is 5.91 Å². The number of carbonyl (C=O) groups excluding carboxylic acids is 1. The number of hydrogen-bond acceptors (Lipinski definition) is 3. The van der Waals surface area contributed by atoms with Crippen LogP contribution in [0.3, 0.4) is 0 Å². The van der Waals surface area contributed by atoms with Gasteiger partial charge in [0.2, 0.25) is 5.91 Å². The molecule has 1 fully saturated rings. The molecule has 0 aromatic rings. The van der Waals surface area contributed by atoms with Gasteiger partial charge in [-0.3, -0.25) is 10.1 Å². The maximum absolute atomic E-state index is 12.3. The van der Waals surface area contributed by atoms with E-state index in [-0.39, 0.29) is 23.7 Å². The van der Waals surface area contributed by atoms with Gasteiger partial charge in [-0.15, -0.1) is 0 Å². The molecule has 1 N–H and O–H groups in total. The molecule has 1 amide bonds. The topological polar surface area (TPSA) is 41.6 Å². The molecule has 1 aliphatic heterocycles. The maximum atomic E-state index is 12.3. The summed E-state index contributed by atoms with van der Waals surface area (Å²) < 4.78 is 5.40. The average molecular weight is 242 g/mol. The van der Waals surface area contributed by atoms with Crippen molar-refractivity contribution in [2.45, 2.75) is 58.8 Å². The molecular formula is C13H26N2O2. The molecule has 4 heteroatoms. The molecule has 1 saturated heterocycles. The van der Waals surface area contributed by atoms with Gasteiger partial charge >= 0.3 is 0 Å². The second-order valence-electron chi connectivity index (χ2n) is 5.64. The lowest BCUT2D eigenvalue weighted by Gasteiger charge is -2.31. The number of hydrogen-bond donors (Lipinski definition) is 1. The predicted molar refractivity (Wildman–Crippen MR) is 68.6 cm³/mol. The first-order valence-corrected chi connectivity index (χ1v) is 6.44. The van der Waals surface area contributed by atoms with Crippen LogP contribution >= 0.6 is 0 Å². The minimum Gasteiger partial charge on any atom is -0.377 e. The second-order valence-corrected chi connectivity index (χ2v) is 5.64. The first kappa shape index (κ1) is 14.5. The summed E-state index contributed by atoms with van der Waals surface area (Å²) in [4.78, 5) is 14.2. The molecule has 0 aromatic carbocycles. The summed E-state index contributed by atoms with van der Waals surface area (Å²) in [6.45, 7) is 10.9. The summed E-state index contributed by atoms with van der Waals surface area (Å²) >= 11 is 0. The smallest absolute Gasteiger partial charge is 0.241 e. The van der Waals surface area contributed by atoms with Gasteiger partial charge < -0.3 is 9.64 Å². The van der Waals surface area contributed by atoms with E-state index in [2.05, 4.69) is 19.2 Å². The highest BCUT2D eigenvalue weighted by Crippen LogP contribution is 2.22. The fourth-order valence-electron chi connectivity index (χ4n) is 2.12. The molecule has 3 atom stereocenters. The fraction of sp³-hybridized carbons (Fsp3) is 0.923. The summed E-state index contributed by atoms with van der Waals surface area (Å²) in [6.07, 6.45) is 1.10. The Morgan fingerprint density at radius 3 is 2.59 bits per heavy atom. The van der Waals surface area contributed by atoms with Crippen molar-refractivity contribution in [1.82, 2.24) is 10.2 Å². The van der Waals surface area contributed by atoms with Crippen LogP contribution in [0.15, 0.2) is 0 Å². The molecule has 0 saturated carbocycles. The van der Waals surface area contributed by atoms with Crippen LogP contribution in [0.5, 0.6) is 0 Å². The van der Waals surface area contributed by atoms with Gasteiger partial charge in [0.15, 0.2) is 0 Å². The van der Waals surface area contributed by atoms with Crippen molar-refractivity contribution in [3.8, 4) is 0 Å². The lowest BCUT2D eigenvalue weighted by molar-refractivity contribution is -0.134. The van der Waals surface area contributed by atoms with Crippen LogP contribution in [0.1, 0.15) is 41.0 Å². The van der Waals surface area contributed by atoms with Crippen LogP contribution in [0.25, 0.3) is 0 Å². The Morgan fingerprint density at radius 1 is 1.53 bits per heavy atom. The van der Waals surface area contributed by atoms with Crippen molar-refractivity contribution in [1.29, 1.82) is 0 Å². The van der Waals surface area contributed by atoms with E-state index in [4.69, 9.17) is 4.74 Å². The van der Waals surface area contributed by atoms with E-state index in [0.717, 1.165) is 6.42 Å². The van der Waals surface area contributed by atoms with E-state index in [1.165, 1.54) is 0 Å². The summed E-state index contributed by atoms with van der Waals surface area (Å²) in [7, 11) is 1.69. The van der Waals surface area contributed by atoms with E-state index in [9.17, 15) is 4.79 Å². The summed E-state index contributed by atoms with van der Waals surface area (Å²) in [5.74, 6) is 0.581. The SMILES string of the molecule is CCC(C)C1NC(C)N(CC(C)(C)OC)C1=O. The molecule has 17 heavy (non-hydrogen) atoms. The quantitative estimate of drug-likeness (QED) is 0.796. The molecule has 1 rings (SSSR count). The van der Waals surface area contributed by atoms with Gasteiger partial charge in [-0.05, 0) is 26.7 Å². The molecule has 0 radical (unpaired) electrons. The van der Waals surface area contributed by atoms with Crippen LogP contribution in [0.4, 0.5) is 0 Å². The summed E-state index contributed by atoms with van der Waals surface area (Å²) in [5.41, 5.74) is -0.296. The predicted octanol–water partition coefficient (Wildman–Crippen LogP) is 1.60. The summed E-state index contributed by atoms with van der Waals surface area (Å²) in [6, 6.07) is -0.0392. The van der Waals surface area contributed by atoms with Gasteiger partial charge in [-0.25, -0.2) is 0 Å². The molecule has 4 nitrogen and oxygen atoms in total. The van der Waals surface area contributed by atoms with Gasteiger partial charge in [0.05, 0.1) is 24.4 Å². The second kappa shape index (κ2) is 5.36. The van der Waals surface area contributed by atoms with Crippen molar-refractivity contribution in [3.63, 3.8) is 0 Å². The lowest BCUT2D eigenvalue weighted by Crippen LogP contribution is -2.45. The van der Waals surface area contributed by atoms with Crippen LogP contribution in [-0.2, 0) is 9.53 Å². The first-order chi connectivity index (χ1) is 7.82. The lowest BCUT2D eigenvalue weighted by atomic mass is 9.99. The summed E-state index contributed by atoms with van der Waals surface area (Å²) in [5, 5.41) is 3.37. The highest BCUT2D eigenvalue weighted by molar-refractivity contribution is 5.84. The number of amides is 1. The number of methoxy groups -OCH3 is 1. The number of rotatable bonds is 5. The van der Waals surface area contributed by atoms with Gasteiger partial charge in [0.1, 0.15) is 0 Å². The standard InChI is InChI=1S/C13H26N2O2/c1-7-9(2)11-12(16)15(10(3)14-11)8-13(4,5)17-6/h9-11,14H,7-8H2,1-6H3. The molecule has 100 valence electrons. The van der Waals surface area contributed by atoms with Crippen molar-refractivity contribution in [3.05, 3.63) is 0 Å². The molecule has 0 aromatic heterocycles. The highest BCUT2D eigenvalue weighted by atomic mass is 16.5. The first-order valence-electron chi connectivity index (χ1n) is 6.44. The maximum Gasteiger partial charge on any atom is 0.241 e. The Hall–Kier alpha value is -0.610. The van der Waals surface area contributed by atoms with E-state index in [0.29, 0.717) is 12.5 Å². The fourth-order valence-corrected chi connectivity index (χ4v) is 2.12. The normalized spacial score (nSPS) is 27.6. The van der Waals surface area contributed by atoms with E-state index in [1.54, 1.807) is 7.11 Å².